The molecule has 37 heavy (non-hydrogen) atoms. The van der Waals surface area contributed by atoms with E-state index in [9.17, 15) is 14.7 Å². The lowest BCUT2D eigenvalue weighted by atomic mass is 9.91. The molecule has 2 aliphatic rings. The largest absolute Gasteiger partial charge is 0.481 e. The van der Waals surface area contributed by atoms with Crippen LogP contribution < -0.4 is 0 Å². The SMILES string of the molecule is C=CCN(C(=O)OCc1ccccc1)C1CCN(CC2CCC(C(C)C(=O)O)C2)CC1.c1ccccc1. The lowest BCUT2D eigenvalue weighted by molar-refractivity contribution is -0.142. The molecule has 1 aliphatic carbocycles. The van der Waals surface area contributed by atoms with Gasteiger partial charge in [0.05, 0.1) is 5.92 Å². The zero-order valence-electron chi connectivity index (χ0n) is 22.1. The number of amides is 1. The topological polar surface area (TPSA) is 70.1 Å². The van der Waals surface area contributed by atoms with Crippen molar-refractivity contribution >= 4 is 12.1 Å². The van der Waals surface area contributed by atoms with E-state index in [1.807, 2.05) is 78.6 Å². The van der Waals surface area contributed by atoms with Gasteiger partial charge in [0.25, 0.3) is 0 Å². The average Bonchev–Trinajstić information content (AvgIpc) is 3.40. The number of benzene rings is 2. The molecular weight excluding hydrogens is 464 g/mol. The van der Waals surface area contributed by atoms with Crippen LogP contribution in [-0.4, -0.2) is 59.2 Å². The summed E-state index contributed by atoms with van der Waals surface area (Å²) >= 11 is 0. The molecule has 1 saturated carbocycles. The number of likely N-dealkylation sites (tertiary alicyclic amines) is 1. The van der Waals surface area contributed by atoms with Crippen LogP contribution >= 0.6 is 0 Å². The number of piperidine rings is 1. The first-order valence-electron chi connectivity index (χ1n) is 13.5. The van der Waals surface area contributed by atoms with Crippen molar-refractivity contribution in [2.24, 2.45) is 17.8 Å². The maximum absolute atomic E-state index is 12.7. The van der Waals surface area contributed by atoms with Crippen molar-refractivity contribution < 1.29 is 19.4 Å². The molecule has 6 nitrogen and oxygen atoms in total. The maximum atomic E-state index is 12.7. The maximum Gasteiger partial charge on any atom is 0.410 e. The summed E-state index contributed by atoms with van der Waals surface area (Å²) in [5, 5.41) is 9.26. The smallest absolute Gasteiger partial charge is 0.410 e. The van der Waals surface area contributed by atoms with Crippen molar-refractivity contribution in [3.8, 4) is 0 Å². The van der Waals surface area contributed by atoms with Gasteiger partial charge < -0.3 is 19.6 Å². The molecule has 4 rings (SSSR count). The van der Waals surface area contributed by atoms with Gasteiger partial charge in [-0.25, -0.2) is 4.79 Å². The number of nitrogens with zero attached hydrogens (tertiary/aromatic N) is 2. The van der Waals surface area contributed by atoms with Crippen molar-refractivity contribution in [2.45, 2.75) is 51.7 Å². The lowest BCUT2D eigenvalue weighted by Gasteiger charge is -2.38. The third kappa shape index (κ3) is 9.36. The summed E-state index contributed by atoms with van der Waals surface area (Å²) in [7, 11) is 0. The number of rotatable bonds is 9. The third-order valence-electron chi connectivity index (χ3n) is 7.62. The number of aliphatic carboxylic acids is 1. The van der Waals surface area contributed by atoms with Crippen molar-refractivity contribution in [3.63, 3.8) is 0 Å². The normalized spacial score (nSPS) is 20.8. The monoisotopic (exact) mass is 506 g/mol. The van der Waals surface area contributed by atoms with Gasteiger partial charge >= 0.3 is 12.1 Å². The summed E-state index contributed by atoms with van der Waals surface area (Å²) in [5.74, 6) is -0.0241. The Hall–Kier alpha value is -3.12. The highest BCUT2D eigenvalue weighted by molar-refractivity contribution is 5.70. The lowest BCUT2D eigenvalue weighted by Crippen LogP contribution is -2.48. The van der Waals surface area contributed by atoms with Crippen molar-refractivity contribution in [1.29, 1.82) is 0 Å². The van der Waals surface area contributed by atoms with Crippen LogP contribution in [0.4, 0.5) is 4.79 Å². The fraction of sp³-hybridized carbons (Fsp3) is 0.484. The minimum atomic E-state index is -0.673. The molecule has 1 amide bonds. The molecule has 2 fully saturated rings. The van der Waals surface area contributed by atoms with E-state index in [4.69, 9.17) is 4.74 Å². The van der Waals surface area contributed by atoms with Crippen LogP contribution in [0.15, 0.2) is 79.4 Å². The summed E-state index contributed by atoms with van der Waals surface area (Å²) in [6, 6.07) is 21.9. The second-order valence-electron chi connectivity index (χ2n) is 10.2. The van der Waals surface area contributed by atoms with Gasteiger partial charge in [0.15, 0.2) is 0 Å². The van der Waals surface area contributed by atoms with Crippen molar-refractivity contribution in [2.75, 3.05) is 26.2 Å². The highest BCUT2D eigenvalue weighted by Crippen LogP contribution is 2.36. The highest BCUT2D eigenvalue weighted by Gasteiger charge is 2.34. The summed E-state index contributed by atoms with van der Waals surface area (Å²) in [5.41, 5.74) is 0.983. The van der Waals surface area contributed by atoms with Crippen LogP contribution in [0.25, 0.3) is 0 Å². The number of hydrogen-bond acceptors (Lipinski definition) is 4. The molecule has 1 heterocycles. The van der Waals surface area contributed by atoms with Crippen LogP contribution in [0.3, 0.4) is 0 Å². The van der Waals surface area contributed by atoms with Gasteiger partial charge in [-0.1, -0.05) is 79.7 Å². The molecule has 1 N–H and O–H groups in total. The van der Waals surface area contributed by atoms with E-state index >= 15 is 0 Å². The molecule has 0 bridgehead atoms. The number of carboxylic acid groups (broad SMARTS) is 1. The number of ether oxygens (including phenoxy) is 1. The highest BCUT2D eigenvalue weighted by atomic mass is 16.6. The molecule has 0 aromatic heterocycles. The van der Waals surface area contributed by atoms with E-state index in [1.54, 1.807) is 6.08 Å². The van der Waals surface area contributed by atoms with E-state index in [0.29, 0.717) is 18.4 Å². The Morgan fingerprint density at radius 1 is 1.03 bits per heavy atom. The standard InChI is InChI=1S/C25H36N2O4.C6H6/c1-3-13-27(25(30)31-18-20-7-5-4-6-8-20)23-11-14-26(15-12-23)17-21-9-10-22(16-21)19(2)24(28)29;1-2-4-6-5-3-1/h3-8,19,21-23H,1,9-18H2,2H3,(H,28,29);1-6H. The number of hydrogen-bond donors (Lipinski definition) is 1. The van der Waals surface area contributed by atoms with Gasteiger partial charge in [-0.3, -0.25) is 4.79 Å². The predicted molar refractivity (Wildman–Crippen MR) is 147 cm³/mol. The van der Waals surface area contributed by atoms with Crippen LogP contribution in [0.5, 0.6) is 0 Å². The van der Waals surface area contributed by atoms with E-state index in [0.717, 1.165) is 57.3 Å². The predicted octanol–water partition coefficient (Wildman–Crippen LogP) is 6.10. The molecule has 6 heteroatoms. The van der Waals surface area contributed by atoms with Gasteiger partial charge in [-0.05, 0) is 49.5 Å². The molecule has 2 aromatic rings. The first kappa shape index (κ1) is 28.5. The molecule has 200 valence electrons. The zero-order valence-corrected chi connectivity index (χ0v) is 22.1. The Balaban J connectivity index is 0.000000555. The van der Waals surface area contributed by atoms with Crippen molar-refractivity contribution in [3.05, 3.63) is 84.9 Å². The molecular formula is C31H42N2O4. The van der Waals surface area contributed by atoms with Crippen LogP contribution in [0.2, 0.25) is 0 Å². The third-order valence-corrected chi connectivity index (χ3v) is 7.62. The Bertz CT molecular complexity index is 917. The number of carbonyl (C=O) groups excluding carboxylic acids is 1. The summed E-state index contributed by atoms with van der Waals surface area (Å²) in [6.45, 7) is 9.38. The fourth-order valence-electron chi connectivity index (χ4n) is 5.41. The molecule has 2 aromatic carbocycles. The summed E-state index contributed by atoms with van der Waals surface area (Å²) in [4.78, 5) is 28.3. The molecule has 1 aliphatic heterocycles. The second-order valence-corrected chi connectivity index (χ2v) is 10.2. The van der Waals surface area contributed by atoms with Gasteiger partial charge in [0, 0.05) is 32.2 Å². The van der Waals surface area contributed by atoms with E-state index in [2.05, 4.69) is 11.5 Å². The van der Waals surface area contributed by atoms with Crippen LogP contribution in [0.1, 0.15) is 44.6 Å². The van der Waals surface area contributed by atoms with E-state index in [-0.39, 0.29) is 24.7 Å². The van der Waals surface area contributed by atoms with E-state index < -0.39 is 5.97 Å². The average molecular weight is 507 g/mol. The van der Waals surface area contributed by atoms with Crippen LogP contribution in [-0.2, 0) is 16.1 Å². The van der Waals surface area contributed by atoms with Gasteiger partial charge in [-0.15, -0.1) is 6.58 Å². The Morgan fingerprint density at radius 2 is 1.62 bits per heavy atom. The Labute approximate surface area is 221 Å². The van der Waals surface area contributed by atoms with E-state index in [1.165, 1.54) is 0 Å². The quantitative estimate of drug-likeness (QED) is 0.416. The van der Waals surface area contributed by atoms with Crippen LogP contribution in [0, 0.1) is 17.8 Å². The molecule has 0 spiro atoms. The van der Waals surface area contributed by atoms with Gasteiger partial charge in [0.2, 0.25) is 0 Å². The van der Waals surface area contributed by atoms with Gasteiger partial charge in [-0.2, -0.15) is 0 Å². The summed E-state index contributed by atoms with van der Waals surface area (Å²) in [6.07, 6.45) is 6.50. The molecule has 3 atom stereocenters. The minimum absolute atomic E-state index is 0.167. The Morgan fingerprint density at radius 3 is 2.19 bits per heavy atom. The molecule has 1 saturated heterocycles. The first-order chi connectivity index (χ1) is 18.0. The van der Waals surface area contributed by atoms with Gasteiger partial charge in [0.1, 0.15) is 6.61 Å². The molecule has 3 unspecified atom stereocenters. The van der Waals surface area contributed by atoms with Crippen molar-refractivity contribution in [1.82, 2.24) is 9.80 Å². The number of carboxylic acids is 1. The first-order valence-corrected chi connectivity index (χ1v) is 13.5. The second kappa shape index (κ2) is 15.2. The molecule has 0 radical (unpaired) electrons. The Kier molecular flexibility index (Phi) is 11.7. The number of carbonyl (C=O) groups is 2. The zero-order chi connectivity index (χ0) is 26.5. The summed E-state index contributed by atoms with van der Waals surface area (Å²) < 4.78 is 5.56. The fourth-order valence-corrected chi connectivity index (χ4v) is 5.41. The minimum Gasteiger partial charge on any atom is -0.481 e.